The van der Waals surface area contributed by atoms with Gasteiger partial charge in [-0.1, -0.05) is 65.7 Å². The normalized spacial score (nSPS) is 11.9. The van der Waals surface area contributed by atoms with Crippen molar-refractivity contribution in [1.82, 2.24) is 10.2 Å². The van der Waals surface area contributed by atoms with Crippen LogP contribution < -0.4 is 14.4 Å². The molecule has 0 aliphatic carbocycles. The number of likely N-dealkylation sites (N-methyl/N-ethyl adjacent to an activating group) is 1. The topological polar surface area (TPSA) is 96.0 Å². The van der Waals surface area contributed by atoms with Gasteiger partial charge in [-0.2, -0.15) is 0 Å². The van der Waals surface area contributed by atoms with Gasteiger partial charge >= 0.3 is 0 Å². The molecule has 3 rings (SSSR count). The number of sulfonamides is 1. The van der Waals surface area contributed by atoms with Gasteiger partial charge in [-0.15, -0.1) is 0 Å². The summed E-state index contributed by atoms with van der Waals surface area (Å²) in [5.41, 5.74) is 1.70. The maximum atomic E-state index is 14.0. The van der Waals surface area contributed by atoms with Crippen LogP contribution in [0.2, 0.25) is 10.0 Å². The number of nitrogens with zero attached hydrogens (tertiary/aromatic N) is 2. The number of ether oxygens (including phenoxy) is 1. The Morgan fingerprint density at radius 2 is 1.59 bits per heavy atom. The van der Waals surface area contributed by atoms with Crippen molar-refractivity contribution >= 4 is 50.7 Å². The Morgan fingerprint density at radius 1 is 0.949 bits per heavy atom. The molecule has 3 aromatic carbocycles. The monoisotopic (exact) mass is 591 g/mol. The van der Waals surface area contributed by atoms with Crippen molar-refractivity contribution < 1.29 is 22.7 Å². The summed E-state index contributed by atoms with van der Waals surface area (Å²) in [5, 5.41) is 3.25. The highest BCUT2D eigenvalue weighted by atomic mass is 35.5. The molecule has 11 heteroatoms. The Kier molecular flexibility index (Phi) is 10.6. The zero-order valence-electron chi connectivity index (χ0n) is 21.9. The molecule has 208 valence electrons. The van der Waals surface area contributed by atoms with E-state index in [1.54, 1.807) is 25.1 Å². The molecule has 0 fully saturated rings. The van der Waals surface area contributed by atoms with E-state index in [0.717, 1.165) is 16.1 Å². The lowest BCUT2D eigenvalue weighted by molar-refractivity contribution is -0.140. The van der Waals surface area contributed by atoms with E-state index in [0.29, 0.717) is 17.9 Å². The predicted octanol–water partition coefficient (Wildman–Crippen LogP) is 4.54. The summed E-state index contributed by atoms with van der Waals surface area (Å²) >= 11 is 12.3. The Labute approximate surface area is 239 Å². The van der Waals surface area contributed by atoms with Crippen LogP contribution in [-0.2, 0) is 32.6 Å². The van der Waals surface area contributed by atoms with Gasteiger partial charge in [0.15, 0.2) is 0 Å². The van der Waals surface area contributed by atoms with Crippen LogP contribution in [0.25, 0.3) is 0 Å². The van der Waals surface area contributed by atoms with Gasteiger partial charge in [0.05, 0.1) is 19.1 Å². The number of benzene rings is 3. The summed E-state index contributed by atoms with van der Waals surface area (Å²) in [4.78, 5) is 28.7. The average Bonchev–Trinajstić information content (AvgIpc) is 2.88. The molecule has 3 aromatic rings. The maximum Gasteiger partial charge on any atom is 0.244 e. The second kappa shape index (κ2) is 13.7. The zero-order valence-corrected chi connectivity index (χ0v) is 24.3. The van der Waals surface area contributed by atoms with Gasteiger partial charge in [-0.25, -0.2) is 8.42 Å². The zero-order chi connectivity index (χ0) is 28.6. The SMILES string of the molecule is CCNC(=O)C(Cc1ccccc1)N(Cc1cccc(OC)c1)C(=O)CN(c1cc(Cl)cc(Cl)c1)S(C)(=O)=O. The first-order valence-corrected chi connectivity index (χ1v) is 14.8. The Bertz CT molecular complexity index is 1380. The van der Waals surface area contributed by atoms with Gasteiger partial charge in [0, 0.05) is 29.6 Å². The lowest BCUT2D eigenvalue weighted by atomic mass is 10.0. The Hall–Kier alpha value is -3.27. The highest BCUT2D eigenvalue weighted by Gasteiger charge is 2.33. The Balaban J connectivity index is 2.07. The number of hydrogen-bond donors (Lipinski definition) is 1. The third kappa shape index (κ3) is 8.61. The van der Waals surface area contributed by atoms with E-state index in [1.165, 1.54) is 30.2 Å². The number of rotatable bonds is 12. The van der Waals surface area contributed by atoms with E-state index < -0.39 is 28.5 Å². The fraction of sp³-hybridized carbons (Fsp3) is 0.286. The number of amides is 2. The molecule has 0 heterocycles. The van der Waals surface area contributed by atoms with Crippen LogP contribution in [0.4, 0.5) is 5.69 Å². The van der Waals surface area contributed by atoms with Crippen LogP contribution in [0.1, 0.15) is 18.1 Å². The molecule has 1 N–H and O–H groups in total. The van der Waals surface area contributed by atoms with Crippen molar-refractivity contribution in [2.75, 3.05) is 30.8 Å². The average molecular weight is 593 g/mol. The summed E-state index contributed by atoms with van der Waals surface area (Å²) in [6.07, 6.45) is 1.22. The number of methoxy groups -OCH3 is 1. The minimum Gasteiger partial charge on any atom is -0.497 e. The van der Waals surface area contributed by atoms with Gasteiger partial charge in [0.1, 0.15) is 18.3 Å². The van der Waals surface area contributed by atoms with Gasteiger partial charge < -0.3 is 15.0 Å². The number of halogens is 2. The van der Waals surface area contributed by atoms with Crippen LogP contribution >= 0.6 is 23.2 Å². The van der Waals surface area contributed by atoms with Crippen LogP contribution in [-0.4, -0.2) is 57.6 Å². The molecule has 0 saturated carbocycles. The molecule has 0 radical (unpaired) electrons. The van der Waals surface area contributed by atoms with Gasteiger partial charge in [0.2, 0.25) is 21.8 Å². The van der Waals surface area contributed by atoms with E-state index in [9.17, 15) is 18.0 Å². The summed E-state index contributed by atoms with van der Waals surface area (Å²) in [6, 6.07) is 19.8. The molecular formula is C28H31Cl2N3O5S. The molecule has 0 bridgehead atoms. The van der Waals surface area contributed by atoms with Crippen LogP contribution in [0, 0.1) is 0 Å². The third-order valence-corrected chi connectivity index (χ3v) is 7.50. The van der Waals surface area contributed by atoms with Gasteiger partial charge in [-0.3, -0.25) is 13.9 Å². The summed E-state index contributed by atoms with van der Waals surface area (Å²) in [7, 11) is -2.39. The summed E-state index contributed by atoms with van der Waals surface area (Å²) in [6.45, 7) is 1.63. The molecule has 2 amide bonds. The molecule has 0 aliphatic rings. The van der Waals surface area contributed by atoms with E-state index in [4.69, 9.17) is 27.9 Å². The number of carbonyl (C=O) groups excluding carboxylic acids is 2. The summed E-state index contributed by atoms with van der Waals surface area (Å²) < 4.78 is 31.9. The fourth-order valence-electron chi connectivity index (χ4n) is 4.11. The first-order chi connectivity index (χ1) is 18.5. The van der Waals surface area contributed by atoms with Crippen molar-refractivity contribution in [3.05, 3.63) is 94.0 Å². The largest absolute Gasteiger partial charge is 0.497 e. The highest BCUT2D eigenvalue weighted by molar-refractivity contribution is 7.92. The van der Waals surface area contributed by atoms with Crippen LogP contribution in [0.3, 0.4) is 0 Å². The molecule has 0 saturated heterocycles. The van der Waals surface area contributed by atoms with Crippen LogP contribution in [0.15, 0.2) is 72.8 Å². The quantitative estimate of drug-likeness (QED) is 0.333. The lowest BCUT2D eigenvalue weighted by Crippen LogP contribution is -2.53. The second-order valence-corrected chi connectivity index (χ2v) is 11.7. The molecule has 1 unspecified atom stereocenters. The molecule has 8 nitrogen and oxygen atoms in total. The minimum absolute atomic E-state index is 0.0402. The van der Waals surface area contributed by atoms with E-state index in [1.807, 2.05) is 36.4 Å². The number of nitrogens with one attached hydrogen (secondary N) is 1. The molecule has 0 aromatic heterocycles. The van der Waals surface area contributed by atoms with Gasteiger partial charge in [-0.05, 0) is 48.4 Å². The van der Waals surface area contributed by atoms with Crippen molar-refractivity contribution in [2.45, 2.75) is 25.9 Å². The fourth-order valence-corrected chi connectivity index (χ4v) is 5.46. The summed E-state index contributed by atoms with van der Waals surface area (Å²) in [5.74, 6) is -0.343. The number of carbonyl (C=O) groups is 2. The van der Waals surface area contributed by atoms with E-state index in [2.05, 4.69) is 5.32 Å². The first-order valence-electron chi connectivity index (χ1n) is 12.2. The molecule has 1 atom stereocenters. The minimum atomic E-state index is -3.93. The molecule has 0 aliphatic heterocycles. The highest BCUT2D eigenvalue weighted by Crippen LogP contribution is 2.28. The number of hydrogen-bond acceptors (Lipinski definition) is 5. The molecule has 39 heavy (non-hydrogen) atoms. The standard InChI is InChI=1S/C28H31Cl2N3O5S/c1-4-31-28(35)26(14-20-9-6-5-7-10-20)32(18-21-11-8-12-25(13-21)38-2)27(34)19-33(39(3,36)37)24-16-22(29)15-23(30)17-24/h5-13,15-17,26H,4,14,18-19H2,1-3H3,(H,31,35). The number of anilines is 1. The second-order valence-electron chi connectivity index (χ2n) is 8.87. The van der Waals surface area contributed by atoms with Crippen molar-refractivity contribution in [3.63, 3.8) is 0 Å². The van der Waals surface area contributed by atoms with Crippen molar-refractivity contribution in [2.24, 2.45) is 0 Å². The molecular weight excluding hydrogens is 561 g/mol. The van der Waals surface area contributed by atoms with Crippen molar-refractivity contribution in [1.29, 1.82) is 0 Å². The van der Waals surface area contributed by atoms with Gasteiger partial charge in [0.25, 0.3) is 0 Å². The maximum absolute atomic E-state index is 14.0. The smallest absolute Gasteiger partial charge is 0.244 e. The lowest BCUT2D eigenvalue weighted by Gasteiger charge is -2.33. The van der Waals surface area contributed by atoms with Crippen LogP contribution in [0.5, 0.6) is 5.75 Å². The molecule has 0 spiro atoms. The van der Waals surface area contributed by atoms with E-state index in [-0.39, 0.29) is 34.6 Å². The first kappa shape index (κ1) is 30.3. The van der Waals surface area contributed by atoms with Crippen molar-refractivity contribution in [3.8, 4) is 5.75 Å². The predicted molar refractivity (Wildman–Crippen MR) is 155 cm³/mol. The van der Waals surface area contributed by atoms with E-state index >= 15 is 0 Å². The Morgan fingerprint density at radius 3 is 2.18 bits per heavy atom. The third-order valence-electron chi connectivity index (χ3n) is 5.92.